The second kappa shape index (κ2) is 8.17. The summed E-state index contributed by atoms with van der Waals surface area (Å²) in [5.41, 5.74) is 4.98. The van der Waals surface area contributed by atoms with Crippen molar-refractivity contribution in [1.82, 2.24) is 0 Å². The fourth-order valence-corrected chi connectivity index (χ4v) is 4.07. The minimum atomic E-state index is 0.691. The average Bonchev–Trinajstić information content (AvgIpc) is 3.24. The maximum Gasteiger partial charge on any atom is 0.219 e. The summed E-state index contributed by atoms with van der Waals surface area (Å²) in [6, 6.07) is 0. The van der Waals surface area contributed by atoms with Crippen LogP contribution in [0, 0.1) is 11.8 Å². The van der Waals surface area contributed by atoms with Crippen LogP contribution in [-0.2, 0) is 0 Å². The normalized spacial score (nSPS) is 24.2. The molecule has 0 bridgehead atoms. The van der Waals surface area contributed by atoms with Crippen molar-refractivity contribution in [3.63, 3.8) is 0 Å². The van der Waals surface area contributed by atoms with Gasteiger partial charge in [-0.05, 0) is 55.5 Å². The summed E-state index contributed by atoms with van der Waals surface area (Å²) in [5.74, 6) is 5.88. The van der Waals surface area contributed by atoms with Crippen molar-refractivity contribution in [3.05, 3.63) is 28.6 Å². The average molecular weight is 332 g/mol. The molecule has 1 fully saturated rings. The highest BCUT2D eigenvalue weighted by Crippen LogP contribution is 2.47. The van der Waals surface area contributed by atoms with Gasteiger partial charge in [0.1, 0.15) is 12.7 Å². The number of hydrogen-bond donors (Lipinski definition) is 0. The molecule has 2 atom stereocenters. The summed E-state index contributed by atoms with van der Waals surface area (Å²) in [5, 5.41) is 1.45. The van der Waals surface area contributed by atoms with Gasteiger partial charge in [0.2, 0.25) is 10.7 Å². The van der Waals surface area contributed by atoms with Gasteiger partial charge >= 0.3 is 0 Å². The molecular weight excluding hydrogens is 300 g/mol. The van der Waals surface area contributed by atoms with E-state index in [0.717, 1.165) is 23.6 Å². The van der Waals surface area contributed by atoms with Crippen molar-refractivity contribution >= 4 is 22.7 Å². The van der Waals surface area contributed by atoms with Crippen molar-refractivity contribution in [2.24, 2.45) is 16.8 Å². The number of nitrogens with zero attached hydrogens (tertiary/aromatic N) is 2. The van der Waals surface area contributed by atoms with Crippen LogP contribution in [0.5, 0.6) is 0 Å². The van der Waals surface area contributed by atoms with Gasteiger partial charge < -0.3 is 0 Å². The number of rotatable bonds is 5. The van der Waals surface area contributed by atoms with E-state index in [0.29, 0.717) is 5.92 Å². The summed E-state index contributed by atoms with van der Waals surface area (Å²) < 4.78 is 2.35. The Morgan fingerprint density at radius 3 is 2.70 bits per heavy atom. The van der Waals surface area contributed by atoms with Crippen LogP contribution in [0.15, 0.2) is 33.6 Å². The van der Waals surface area contributed by atoms with Gasteiger partial charge in [-0.25, -0.2) is 0 Å². The SMILES string of the molecule is CCCCSC1=[N+](C)C(C)=C(N=C=C(C)C)C(C2CC2C)=CC1. The van der Waals surface area contributed by atoms with Gasteiger partial charge in [-0.1, -0.05) is 38.1 Å². The molecule has 1 aliphatic carbocycles. The standard InChI is InChI=1S/C20H31N2S/c1-7-8-11-23-19-10-9-17(18-12-15(18)4)20(16(5)22(19)6)21-13-14(2)3/h9,15,18H,7-8,10-12H2,1-6H3/q+1. The van der Waals surface area contributed by atoms with Crippen LogP contribution >= 0.6 is 11.8 Å². The van der Waals surface area contributed by atoms with Crippen molar-refractivity contribution in [3.8, 4) is 0 Å². The summed E-state index contributed by atoms with van der Waals surface area (Å²) in [6.45, 7) is 10.9. The molecule has 0 N–H and O–H groups in total. The molecule has 0 amide bonds. The lowest BCUT2D eigenvalue weighted by Gasteiger charge is -2.06. The largest absolute Gasteiger partial charge is 0.219 e. The van der Waals surface area contributed by atoms with E-state index in [4.69, 9.17) is 4.99 Å². The molecule has 2 rings (SSSR count). The maximum atomic E-state index is 4.74. The third-order valence-electron chi connectivity index (χ3n) is 4.66. The molecule has 0 aromatic carbocycles. The quantitative estimate of drug-likeness (QED) is 0.373. The molecule has 0 aromatic rings. The van der Waals surface area contributed by atoms with Gasteiger partial charge in [-0.15, -0.1) is 0 Å². The van der Waals surface area contributed by atoms with E-state index in [2.05, 4.69) is 58.2 Å². The van der Waals surface area contributed by atoms with Crippen LogP contribution in [0.1, 0.15) is 60.3 Å². The molecule has 3 heteroatoms. The van der Waals surface area contributed by atoms with Crippen molar-refractivity contribution < 1.29 is 4.58 Å². The summed E-state index contributed by atoms with van der Waals surface area (Å²) in [7, 11) is 2.19. The monoisotopic (exact) mass is 331 g/mol. The van der Waals surface area contributed by atoms with Crippen LogP contribution < -0.4 is 0 Å². The third-order valence-corrected chi connectivity index (χ3v) is 5.92. The fraction of sp³-hybridized carbons (Fsp3) is 0.650. The van der Waals surface area contributed by atoms with Crippen LogP contribution in [0.4, 0.5) is 0 Å². The predicted octanol–water partition coefficient (Wildman–Crippen LogP) is 5.41. The van der Waals surface area contributed by atoms with Gasteiger partial charge in [-0.3, -0.25) is 0 Å². The zero-order chi connectivity index (χ0) is 17.0. The third kappa shape index (κ3) is 4.71. The molecule has 1 aliphatic heterocycles. The first-order valence-corrected chi connectivity index (χ1v) is 9.84. The van der Waals surface area contributed by atoms with E-state index in [1.54, 1.807) is 0 Å². The number of thioether (sulfide) groups is 1. The topological polar surface area (TPSA) is 15.4 Å². The number of hydrogen-bond acceptors (Lipinski definition) is 2. The van der Waals surface area contributed by atoms with Crippen molar-refractivity contribution in [1.29, 1.82) is 0 Å². The second-order valence-corrected chi connectivity index (χ2v) is 8.16. The molecule has 0 aromatic heterocycles. The Balaban J connectivity index is 2.39. The molecule has 2 nitrogen and oxygen atoms in total. The molecule has 2 aliphatic rings. The smallest absolute Gasteiger partial charge is 0.199 e. The fourth-order valence-electron chi connectivity index (χ4n) is 2.87. The van der Waals surface area contributed by atoms with E-state index in [1.165, 1.54) is 41.3 Å². The first kappa shape index (κ1) is 18.3. The zero-order valence-electron chi connectivity index (χ0n) is 15.6. The Labute approximate surface area is 146 Å². The van der Waals surface area contributed by atoms with E-state index in [1.807, 2.05) is 11.8 Å². The van der Waals surface area contributed by atoms with Crippen LogP contribution in [0.3, 0.4) is 0 Å². The summed E-state index contributed by atoms with van der Waals surface area (Å²) in [4.78, 5) is 4.74. The lowest BCUT2D eigenvalue weighted by atomic mass is 10.0. The Morgan fingerprint density at radius 1 is 1.43 bits per heavy atom. The molecule has 126 valence electrons. The highest BCUT2D eigenvalue weighted by Gasteiger charge is 2.39. The first-order chi connectivity index (χ1) is 11.0. The van der Waals surface area contributed by atoms with Gasteiger partial charge in [-0.2, -0.15) is 9.57 Å². The van der Waals surface area contributed by atoms with Crippen molar-refractivity contribution in [2.75, 3.05) is 12.8 Å². The molecule has 0 saturated heterocycles. The van der Waals surface area contributed by atoms with Gasteiger partial charge in [0, 0.05) is 12.7 Å². The molecular formula is C20H31N2S+. The van der Waals surface area contributed by atoms with Gasteiger partial charge in [0.15, 0.2) is 0 Å². The lowest BCUT2D eigenvalue weighted by Crippen LogP contribution is -2.13. The molecule has 1 heterocycles. The second-order valence-electron chi connectivity index (χ2n) is 7.00. The van der Waals surface area contributed by atoms with Crippen LogP contribution in [0.25, 0.3) is 0 Å². The molecule has 0 radical (unpaired) electrons. The molecule has 2 unspecified atom stereocenters. The molecule has 23 heavy (non-hydrogen) atoms. The van der Waals surface area contributed by atoms with Crippen LogP contribution in [-0.4, -0.2) is 28.3 Å². The Hall–Kier alpha value is -1.05. The van der Waals surface area contributed by atoms with Gasteiger partial charge in [0.05, 0.1) is 6.42 Å². The van der Waals surface area contributed by atoms with E-state index in [-0.39, 0.29) is 0 Å². The summed E-state index contributed by atoms with van der Waals surface area (Å²) in [6.07, 6.45) is 7.31. The van der Waals surface area contributed by atoms with E-state index >= 15 is 0 Å². The minimum absolute atomic E-state index is 0.691. The Kier molecular flexibility index (Phi) is 6.50. The van der Waals surface area contributed by atoms with Gasteiger partial charge in [0.25, 0.3) is 0 Å². The van der Waals surface area contributed by atoms with E-state index < -0.39 is 0 Å². The predicted molar refractivity (Wildman–Crippen MR) is 104 cm³/mol. The maximum absolute atomic E-state index is 4.74. The number of aliphatic imine (C=N–C) groups is 1. The Bertz CT molecular complexity index is 612. The minimum Gasteiger partial charge on any atom is -0.199 e. The first-order valence-electron chi connectivity index (χ1n) is 8.86. The highest BCUT2D eigenvalue weighted by molar-refractivity contribution is 8.13. The Morgan fingerprint density at radius 2 is 2.13 bits per heavy atom. The molecule has 0 spiro atoms. The zero-order valence-corrected chi connectivity index (χ0v) is 16.4. The van der Waals surface area contributed by atoms with E-state index in [9.17, 15) is 0 Å². The summed E-state index contributed by atoms with van der Waals surface area (Å²) >= 11 is 2.01. The highest BCUT2D eigenvalue weighted by atomic mass is 32.2. The number of allylic oxidation sites excluding steroid dienone is 4. The molecule has 1 saturated carbocycles. The number of unbranched alkanes of at least 4 members (excludes halogenated alkanes) is 1. The van der Waals surface area contributed by atoms with Crippen LogP contribution in [0.2, 0.25) is 0 Å². The van der Waals surface area contributed by atoms with Crippen molar-refractivity contribution in [2.45, 2.75) is 60.3 Å². The lowest BCUT2D eigenvalue weighted by molar-refractivity contribution is -0.442.